The highest BCUT2D eigenvalue weighted by Gasteiger charge is 2.59. The SMILES string of the molecule is C[C@H](CCCOS(=O)(=O)O)[C@H]1CCC2C3CC[C@@H]4CCCCC4(C)C3CC[C@@]21C. The van der Waals surface area contributed by atoms with Crippen molar-refractivity contribution in [1.29, 1.82) is 0 Å². The zero-order chi connectivity index (χ0) is 20.9. The predicted octanol–water partition coefficient (Wildman–Crippen LogP) is 6.27. The second kappa shape index (κ2) is 8.09. The highest BCUT2D eigenvalue weighted by molar-refractivity contribution is 7.80. The largest absolute Gasteiger partial charge is 0.397 e. The summed E-state index contributed by atoms with van der Waals surface area (Å²) >= 11 is 0. The summed E-state index contributed by atoms with van der Waals surface area (Å²) in [6, 6.07) is 0. The molecular weight excluding hydrogens is 384 g/mol. The van der Waals surface area contributed by atoms with Gasteiger partial charge < -0.3 is 0 Å². The van der Waals surface area contributed by atoms with Crippen LogP contribution in [0.25, 0.3) is 0 Å². The highest BCUT2D eigenvalue weighted by atomic mass is 32.3. The zero-order valence-electron chi connectivity index (χ0n) is 18.7. The lowest BCUT2D eigenvalue weighted by atomic mass is 9.44. The Morgan fingerprint density at radius 1 is 0.966 bits per heavy atom. The monoisotopic (exact) mass is 426 g/mol. The minimum Gasteiger partial charge on any atom is -0.264 e. The van der Waals surface area contributed by atoms with Crippen LogP contribution in [0.1, 0.15) is 97.8 Å². The first kappa shape index (κ1) is 22.1. The molecule has 29 heavy (non-hydrogen) atoms. The van der Waals surface area contributed by atoms with Gasteiger partial charge in [-0.2, -0.15) is 8.42 Å². The molecule has 0 radical (unpaired) electrons. The van der Waals surface area contributed by atoms with Crippen LogP contribution in [0, 0.1) is 46.3 Å². The minimum atomic E-state index is -4.30. The van der Waals surface area contributed by atoms with Crippen molar-refractivity contribution < 1.29 is 17.2 Å². The van der Waals surface area contributed by atoms with Crippen LogP contribution in [-0.2, 0) is 14.6 Å². The molecule has 4 unspecified atom stereocenters. The van der Waals surface area contributed by atoms with Crippen LogP contribution in [0.5, 0.6) is 0 Å². The number of fused-ring (bicyclic) bond motifs is 5. The van der Waals surface area contributed by atoms with Crippen LogP contribution in [0.3, 0.4) is 0 Å². The Balaban J connectivity index is 1.41. The van der Waals surface area contributed by atoms with Crippen molar-refractivity contribution in [3.8, 4) is 0 Å². The molecule has 5 heteroatoms. The molecule has 4 fully saturated rings. The van der Waals surface area contributed by atoms with Crippen molar-refractivity contribution >= 4 is 10.4 Å². The fraction of sp³-hybridized carbons (Fsp3) is 1.00. The molecule has 4 saturated carbocycles. The summed E-state index contributed by atoms with van der Waals surface area (Å²) in [4.78, 5) is 0. The van der Waals surface area contributed by atoms with Crippen molar-refractivity contribution in [1.82, 2.24) is 0 Å². The Labute approximate surface area is 178 Å². The Morgan fingerprint density at radius 2 is 1.72 bits per heavy atom. The van der Waals surface area contributed by atoms with E-state index in [1.165, 1.54) is 64.2 Å². The van der Waals surface area contributed by atoms with Gasteiger partial charge >= 0.3 is 10.4 Å². The molecule has 0 saturated heterocycles. The van der Waals surface area contributed by atoms with Crippen LogP contribution in [0.2, 0.25) is 0 Å². The van der Waals surface area contributed by atoms with Crippen LogP contribution >= 0.6 is 0 Å². The molecule has 168 valence electrons. The van der Waals surface area contributed by atoms with Crippen molar-refractivity contribution in [2.24, 2.45) is 46.3 Å². The maximum Gasteiger partial charge on any atom is 0.397 e. The number of hydrogen-bond acceptors (Lipinski definition) is 3. The third-order valence-corrected chi connectivity index (χ3v) is 10.8. The van der Waals surface area contributed by atoms with E-state index in [-0.39, 0.29) is 6.61 Å². The van der Waals surface area contributed by atoms with E-state index in [4.69, 9.17) is 4.55 Å². The summed E-state index contributed by atoms with van der Waals surface area (Å²) in [6.45, 7) is 7.70. The second-order valence-electron chi connectivity index (χ2n) is 11.5. The molecule has 0 aliphatic heterocycles. The average Bonchev–Trinajstić information content (AvgIpc) is 3.01. The van der Waals surface area contributed by atoms with E-state index >= 15 is 0 Å². The van der Waals surface area contributed by atoms with E-state index in [0.29, 0.717) is 23.2 Å². The van der Waals surface area contributed by atoms with Gasteiger partial charge in [-0.1, -0.05) is 33.6 Å². The Kier molecular flexibility index (Phi) is 6.16. The van der Waals surface area contributed by atoms with Gasteiger partial charge in [0.1, 0.15) is 0 Å². The summed E-state index contributed by atoms with van der Waals surface area (Å²) in [5.41, 5.74) is 1.07. The summed E-state index contributed by atoms with van der Waals surface area (Å²) in [5, 5.41) is 0. The third-order valence-electron chi connectivity index (χ3n) is 10.4. The van der Waals surface area contributed by atoms with Crippen LogP contribution in [-0.4, -0.2) is 19.6 Å². The zero-order valence-corrected chi connectivity index (χ0v) is 19.6. The van der Waals surface area contributed by atoms with Crippen LogP contribution in [0.15, 0.2) is 0 Å². The maximum atomic E-state index is 10.8. The van der Waals surface area contributed by atoms with E-state index in [1.54, 1.807) is 0 Å². The molecule has 0 bridgehead atoms. The molecule has 4 nitrogen and oxygen atoms in total. The van der Waals surface area contributed by atoms with E-state index in [0.717, 1.165) is 36.0 Å². The van der Waals surface area contributed by atoms with Gasteiger partial charge in [-0.05, 0) is 111 Å². The first-order valence-electron chi connectivity index (χ1n) is 12.3. The van der Waals surface area contributed by atoms with Crippen molar-refractivity contribution in [2.45, 2.75) is 97.8 Å². The van der Waals surface area contributed by atoms with Crippen molar-refractivity contribution in [3.05, 3.63) is 0 Å². The number of hydrogen-bond donors (Lipinski definition) is 1. The Morgan fingerprint density at radius 3 is 2.48 bits per heavy atom. The van der Waals surface area contributed by atoms with Gasteiger partial charge in [0, 0.05) is 0 Å². The number of rotatable bonds is 6. The van der Waals surface area contributed by atoms with Gasteiger partial charge in [0.25, 0.3) is 0 Å². The maximum absolute atomic E-state index is 10.8. The molecule has 0 aromatic carbocycles. The Bertz CT molecular complexity index is 691. The summed E-state index contributed by atoms with van der Waals surface area (Å²) < 4.78 is 34.8. The molecule has 8 atom stereocenters. The standard InChI is InChI=1S/C24H42O4S/c1-17(7-6-16-28-29(25,26)27)20-11-12-21-19-10-9-18-8-4-5-14-23(18,2)22(19)13-15-24(20,21)3/h17-22H,4-16H2,1-3H3,(H,25,26,27)/t17-,18+,19?,20-,21?,22?,23?,24-/m1/s1. The van der Waals surface area contributed by atoms with Gasteiger partial charge in [-0.15, -0.1) is 0 Å². The average molecular weight is 427 g/mol. The lowest BCUT2D eigenvalue weighted by Crippen LogP contribution is -2.53. The normalized spacial score (nSPS) is 45.9. The van der Waals surface area contributed by atoms with E-state index < -0.39 is 10.4 Å². The molecule has 4 aliphatic rings. The van der Waals surface area contributed by atoms with Crippen LogP contribution < -0.4 is 0 Å². The molecule has 0 amide bonds. The summed E-state index contributed by atoms with van der Waals surface area (Å²) in [6.07, 6.45) is 16.0. The predicted molar refractivity (Wildman–Crippen MR) is 116 cm³/mol. The van der Waals surface area contributed by atoms with Gasteiger partial charge in [0.05, 0.1) is 6.61 Å². The quantitative estimate of drug-likeness (QED) is 0.401. The topological polar surface area (TPSA) is 63.6 Å². The summed E-state index contributed by atoms with van der Waals surface area (Å²) in [7, 11) is -4.30. The van der Waals surface area contributed by atoms with Gasteiger partial charge in [0.15, 0.2) is 0 Å². The molecule has 0 aromatic rings. The highest BCUT2D eigenvalue weighted by Crippen LogP contribution is 2.68. The van der Waals surface area contributed by atoms with Crippen molar-refractivity contribution in [2.75, 3.05) is 6.61 Å². The van der Waals surface area contributed by atoms with Gasteiger partial charge in [-0.25, -0.2) is 4.18 Å². The second-order valence-corrected chi connectivity index (χ2v) is 12.6. The van der Waals surface area contributed by atoms with Crippen molar-refractivity contribution in [3.63, 3.8) is 0 Å². The molecule has 1 N–H and O–H groups in total. The molecule has 4 rings (SSSR count). The lowest BCUT2D eigenvalue weighted by Gasteiger charge is -2.61. The fourth-order valence-corrected chi connectivity index (χ4v) is 9.37. The first-order chi connectivity index (χ1) is 13.7. The van der Waals surface area contributed by atoms with Gasteiger partial charge in [-0.3, -0.25) is 4.55 Å². The Hall–Kier alpha value is -0.130. The lowest BCUT2D eigenvalue weighted by molar-refractivity contribution is -0.114. The smallest absolute Gasteiger partial charge is 0.264 e. The first-order valence-corrected chi connectivity index (χ1v) is 13.6. The molecule has 0 spiro atoms. The van der Waals surface area contributed by atoms with E-state index in [9.17, 15) is 8.42 Å². The molecule has 4 aliphatic carbocycles. The molecule has 0 aromatic heterocycles. The fourth-order valence-electron chi connectivity index (χ4n) is 9.04. The van der Waals surface area contributed by atoms with Crippen LogP contribution in [0.4, 0.5) is 0 Å². The third kappa shape index (κ3) is 4.05. The van der Waals surface area contributed by atoms with Gasteiger partial charge in [0.2, 0.25) is 0 Å². The summed E-state index contributed by atoms with van der Waals surface area (Å²) in [5.74, 6) is 5.11. The van der Waals surface area contributed by atoms with E-state index in [1.807, 2.05) is 0 Å². The molecule has 0 heterocycles. The molecular formula is C24H42O4S. The minimum absolute atomic E-state index is 0.0977. The van der Waals surface area contributed by atoms with E-state index in [2.05, 4.69) is 25.0 Å².